The van der Waals surface area contributed by atoms with Gasteiger partial charge in [-0.15, -0.1) is 0 Å². The lowest BCUT2D eigenvalue weighted by Crippen LogP contribution is -2.51. The van der Waals surface area contributed by atoms with Gasteiger partial charge in [-0.25, -0.2) is 0 Å². The Morgan fingerprint density at radius 1 is 0.912 bits per heavy atom. The molecule has 7 nitrogen and oxygen atoms in total. The van der Waals surface area contributed by atoms with Gasteiger partial charge in [-0.3, -0.25) is 9.59 Å². The predicted octanol–water partition coefficient (Wildman–Crippen LogP) is 4.18. The van der Waals surface area contributed by atoms with Gasteiger partial charge >= 0.3 is 0 Å². The number of hydrogen-bond donors (Lipinski definition) is 0. The zero-order valence-corrected chi connectivity index (χ0v) is 19.8. The third kappa shape index (κ3) is 2.97. The van der Waals surface area contributed by atoms with Crippen molar-refractivity contribution < 1.29 is 23.8 Å². The first-order valence-corrected chi connectivity index (χ1v) is 11.1. The van der Waals surface area contributed by atoms with Crippen LogP contribution in [0, 0.1) is 0 Å². The van der Waals surface area contributed by atoms with E-state index >= 15 is 0 Å². The van der Waals surface area contributed by atoms with Crippen molar-refractivity contribution in [1.82, 2.24) is 9.80 Å². The van der Waals surface area contributed by atoms with Crippen molar-refractivity contribution in [3.05, 3.63) is 87.9 Å². The van der Waals surface area contributed by atoms with E-state index in [4.69, 9.17) is 25.8 Å². The number of fused-ring (bicyclic) bond motifs is 3. The van der Waals surface area contributed by atoms with Crippen LogP contribution in [0.4, 0.5) is 0 Å². The fraction of sp³-hybridized carbons (Fsp3) is 0.231. The summed E-state index contributed by atoms with van der Waals surface area (Å²) < 4.78 is 16.3. The maximum Gasteiger partial charge on any atom is 0.256 e. The fourth-order valence-corrected chi connectivity index (χ4v) is 5.21. The zero-order valence-electron chi connectivity index (χ0n) is 19.0. The molecule has 8 heteroatoms. The first-order chi connectivity index (χ1) is 16.5. The van der Waals surface area contributed by atoms with Gasteiger partial charge in [0, 0.05) is 40.4 Å². The first kappa shape index (κ1) is 22.1. The Balaban J connectivity index is 1.72. The summed E-state index contributed by atoms with van der Waals surface area (Å²) in [5, 5.41) is 0.574. The summed E-state index contributed by atoms with van der Waals surface area (Å²) in [6.45, 7) is 0.754. The summed E-state index contributed by atoms with van der Waals surface area (Å²) in [5.41, 5.74) is 1.41. The van der Waals surface area contributed by atoms with Crippen molar-refractivity contribution in [3.63, 3.8) is 0 Å². The van der Waals surface area contributed by atoms with Crippen molar-refractivity contribution in [1.29, 1.82) is 0 Å². The van der Waals surface area contributed by atoms with Gasteiger partial charge in [0.25, 0.3) is 11.8 Å². The molecule has 2 heterocycles. The maximum absolute atomic E-state index is 14.1. The lowest BCUT2D eigenvalue weighted by Gasteiger charge is -2.40. The number of halogens is 1. The molecule has 1 unspecified atom stereocenters. The number of carbonyl (C=O) groups excluding carboxylic acids is 2. The van der Waals surface area contributed by atoms with E-state index in [9.17, 15) is 9.59 Å². The number of amides is 2. The first-order valence-electron chi connectivity index (χ1n) is 10.8. The Morgan fingerprint density at radius 2 is 1.56 bits per heavy atom. The fourth-order valence-electron chi connectivity index (χ4n) is 5.09. The molecule has 2 aliphatic heterocycles. The number of nitrogens with zero attached hydrogens (tertiary/aromatic N) is 2. The van der Waals surface area contributed by atoms with E-state index in [1.807, 2.05) is 30.3 Å². The largest absolute Gasteiger partial charge is 0.493 e. The van der Waals surface area contributed by atoms with Gasteiger partial charge in [0.1, 0.15) is 0 Å². The van der Waals surface area contributed by atoms with Gasteiger partial charge in [0.15, 0.2) is 17.2 Å². The monoisotopic (exact) mass is 478 g/mol. The molecule has 2 amide bonds. The van der Waals surface area contributed by atoms with E-state index in [-0.39, 0.29) is 11.8 Å². The molecule has 0 aliphatic carbocycles. The van der Waals surface area contributed by atoms with Gasteiger partial charge in [-0.1, -0.05) is 41.9 Å². The maximum atomic E-state index is 14.1. The standard InChI is InChI=1S/C26H23ClN2O5/c1-32-21-14-16(15-22(33-2)23(21)34-3)24(30)28-12-13-29-25(31)19-6-4-5-7-20(19)26(28,29)17-8-10-18(27)11-9-17/h4-11,14-15H,12-13H2,1-3H3. The van der Waals surface area contributed by atoms with Gasteiger partial charge in [-0.2, -0.15) is 0 Å². The molecule has 34 heavy (non-hydrogen) atoms. The summed E-state index contributed by atoms with van der Waals surface area (Å²) >= 11 is 6.18. The minimum Gasteiger partial charge on any atom is -0.493 e. The summed E-state index contributed by atoms with van der Waals surface area (Å²) in [6, 6.07) is 18.0. The quantitative estimate of drug-likeness (QED) is 0.550. The number of methoxy groups -OCH3 is 3. The highest BCUT2D eigenvalue weighted by molar-refractivity contribution is 6.30. The Kier molecular flexibility index (Phi) is 5.37. The van der Waals surface area contributed by atoms with Crippen LogP contribution in [0.15, 0.2) is 60.7 Å². The molecule has 3 aromatic carbocycles. The normalized spacial score (nSPS) is 18.5. The SMILES string of the molecule is COc1cc(C(=O)N2CCN3C(=O)c4ccccc4C23c2ccc(Cl)cc2)cc(OC)c1OC. The van der Waals surface area contributed by atoms with E-state index in [0.29, 0.717) is 46.5 Å². The molecule has 5 rings (SSSR count). The lowest BCUT2D eigenvalue weighted by molar-refractivity contribution is 0.0374. The summed E-state index contributed by atoms with van der Waals surface area (Å²) in [6.07, 6.45) is 0. The number of rotatable bonds is 5. The Morgan fingerprint density at radius 3 is 2.18 bits per heavy atom. The molecule has 0 spiro atoms. The summed E-state index contributed by atoms with van der Waals surface area (Å²) in [7, 11) is 4.52. The number of hydrogen-bond acceptors (Lipinski definition) is 5. The molecule has 1 atom stereocenters. The Bertz CT molecular complexity index is 1270. The third-order valence-electron chi connectivity index (χ3n) is 6.51. The molecule has 3 aromatic rings. The highest BCUT2D eigenvalue weighted by Gasteiger charge is 2.59. The Labute approximate surface area is 202 Å². The number of benzene rings is 3. The van der Waals surface area contributed by atoms with Crippen molar-refractivity contribution in [2.45, 2.75) is 5.66 Å². The molecule has 2 aliphatic rings. The van der Waals surface area contributed by atoms with Crippen LogP contribution in [0.1, 0.15) is 31.8 Å². The smallest absolute Gasteiger partial charge is 0.256 e. The molecule has 174 valence electrons. The molecule has 0 N–H and O–H groups in total. The topological polar surface area (TPSA) is 68.3 Å². The minimum absolute atomic E-state index is 0.106. The molecule has 1 saturated heterocycles. The van der Waals surface area contributed by atoms with Gasteiger partial charge < -0.3 is 24.0 Å². The van der Waals surface area contributed by atoms with Crippen LogP contribution in [-0.4, -0.2) is 56.0 Å². The second kappa shape index (κ2) is 8.25. The third-order valence-corrected chi connectivity index (χ3v) is 6.76. The molecule has 1 fully saturated rings. The highest BCUT2D eigenvalue weighted by Crippen LogP contribution is 2.50. The van der Waals surface area contributed by atoms with Gasteiger partial charge in [0.05, 0.1) is 21.3 Å². The van der Waals surface area contributed by atoms with Crippen molar-refractivity contribution in [2.24, 2.45) is 0 Å². The molecular formula is C26H23ClN2O5. The molecule has 0 bridgehead atoms. The van der Waals surface area contributed by atoms with Crippen LogP contribution in [0.2, 0.25) is 5.02 Å². The van der Waals surface area contributed by atoms with E-state index in [2.05, 4.69) is 0 Å². The summed E-state index contributed by atoms with van der Waals surface area (Å²) in [4.78, 5) is 31.0. The van der Waals surface area contributed by atoms with Gasteiger partial charge in [-0.05, 0) is 30.3 Å². The van der Waals surface area contributed by atoms with E-state index in [0.717, 1.165) is 11.1 Å². The van der Waals surface area contributed by atoms with Crippen molar-refractivity contribution in [3.8, 4) is 17.2 Å². The van der Waals surface area contributed by atoms with Crippen LogP contribution >= 0.6 is 11.6 Å². The van der Waals surface area contributed by atoms with Crippen LogP contribution < -0.4 is 14.2 Å². The van der Waals surface area contributed by atoms with E-state index < -0.39 is 5.66 Å². The van der Waals surface area contributed by atoms with Crippen LogP contribution in [-0.2, 0) is 5.66 Å². The molecular weight excluding hydrogens is 456 g/mol. The Hall–Kier alpha value is -3.71. The molecule has 0 aromatic heterocycles. The zero-order chi connectivity index (χ0) is 24.0. The van der Waals surface area contributed by atoms with Crippen molar-refractivity contribution in [2.75, 3.05) is 34.4 Å². The second-order valence-electron chi connectivity index (χ2n) is 8.05. The molecule has 0 saturated carbocycles. The second-order valence-corrected chi connectivity index (χ2v) is 8.49. The van der Waals surface area contributed by atoms with Crippen molar-refractivity contribution >= 4 is 23.4 Å². The molecule has 0 radical (unpaired) electrons. The van der Waals surface area contributed by atoms with Crippen LogP contribution in [0.3, 0.4) is 0 Å². The highest BCUT2D eigenvalue weighted by atomic mass is 35.5. The van der Waals surface area contributed by atoms with Crippen LogP contribution in [0.5, 0.6) is 17.2 Å². The lowest BCUT2D eigenvalue weighted by atomic mass is 9.89. The van der Waals surface area contributed by atoms with E-state index in [1.54, 1.807) is 40.1 Å². The number of carbonyl (C=O) groups is 2. The summed E-state index contributed by atoms with van der Waals surface area (Å²) in [5.74, 6) is 0.791. The number of ether oxygens (including phenoxy) is 3. The minimum atomic E-state index is -1.09. The van der Waals surface area contributed by atoms with Gasteiger partial charge in [0.2, 0.25) is 5.75 Å². The van der Waals surface area contributed by atoms with E-state index in [1.165, 1.54) is 21.3 Å². The average Bonchev–Trinajstić information content (AvgIpc) is 3.38. The predicted molar refractivity (Wildman–Crippen MR) is 127 cm³/mol. The average molecular weight is 479 g/mol. The van der Waals surface area contributed by atoms with Crippen LogP contribution in [0.25, 0.3) is 0 Å².